The van der Waals surface area contributed by atoms with Crippen LogP contribution < -0.4 is 5.36 Å². The third-order valence-corrected chi connectivity index (χ3v) is 4.09. The van der Waals surface area contributed by atoms with Gasteiger partial charge < -0.3 is 9.52 Å². The molecule has 0 amide bonds. The first kappa shape index (κ1) is 13.7. The van der Waals surface area contributed by atoms with Crippen molar-refractivity contribution in [1.29, 1.82) is 0 Å². The number of aromatic hydroxyl groups is 1. The van der Waals surface area contributed by atoms with Crippen molar-refractivity contribution in [2.45, 2.75) is 0 Å². The second kappa shape index (κ2) is 5.70. The van der Waals surface area contributed by atoms with E-state index in [1.54, 1.807) is 24.4 Å². The van der Waals surface area contributed by atoms with Crippen molar-refractivity contribution in [1.82, 2.24) is 4.98 Å². The number of thiazole rings is 1. The van der Waals surface area contributed by atoms with Gasteiger partial charge in [0.2, 0.25) is 5.13 Å². The summed E-state index contributed by atoms with van der Waals surface area (Å²) in [5.74, 6) is 0.898. The summed E-state index contributed by atoms with van der Waals surface area (Å²) in [7, 11) is 0. The second-order valence-electron chi connectivity index (χ2n) is 4.97. The average molecular weight is 320 g/mol. The molecule has 0 fully saturated rings. The van der Waals surface area contributed by atoms with Crippen molar-refractivity contribution in [3.8, 4) is 17.1 Å². The minimum Gasteiger partial charge on any atom is -0.508 e. The minimum absolute atomic E-state index is 0.177. The van der Waals surface area contributed by atoms with Gasteiger partial charge in [-0.05, 0) is 18.2 Å². The van der Waals surface area contributed by atoms with Crippen molar-refractivity contribution in [3.63, 3.8) is 0 Å². The van der Waals surface area contributed by atoms with Crippen LogP contribution in [0.4, 0.5) is 5.13 Å². The van der Waals surface area contributed by atoms with Gasteiger partial charge in [-0.25, -0.2) is 9.98 Å². The molecular weight excluding hydrogens is 308 g/mol. The molecule has 1 N–H and O–H groups in total. The molecule has 0 saturated carbocycles. The molecule has 0 aliphatic rings. The molecule has 4 nitrogen and oxygen atoms in total. The van der Waals surface area contributed by atoms with Crippen molar-refractivity contribution in [2.75, 3.05) is 0 Å². The van der Waals surface area contributed by atoms with Gasteiger partial charge in [0.25, 0.3) is 0 Å². The Morgan fingerprint density at radius 1 is 1.04 bits per heavy atom. The molecular formula is C18H12N2O2S. The van der Waals surface area contributed by atoms with Crippen LogP contribution in [-0.4, -0.2) is 10.1 Å². The summed E-state index contributed by atoms with van der Waals surface area (Å²) in [6.45, 7) is 0. The summed E-state index contributed by atoms with van der Waals surface area (Å²) in [4.78, 5) is 8.79. The highest BCUT2D eigenvalue weighted by molar-refractivity contribution is 7.13. The van der Waals surface area contributed by atoms with Crippen LogP contribution in [0.3, 0.4) is 0 Å². The molecule has 2 aromatic carbocycles. The van der Waals surface area contributed by atoms with Gasteiger partial charge >= 0.3 is 0 Å². The largest absolute Gasteiger partial charge is 0.508 e. The molecule has 0 aliphatic heterocycles. The summed E-state index contributed by atoms with van der Waals surface area (Å²) in [5, 5.41) is 13.8. The predicted octanol–water partition coefficient (Wildman–Crippen LogP) is 4.49. The molecule has 112 valence electrons. The van der Waals surface area contributed by atoms with Gasteiger partial charge in [0.05, 0.1) is 5.36 Å². The van der Waals surface area contributed by atoms with Crippen LogP contribution in [0.2, 0.25) is 0 Å². The van der Waals surface area contributed by atoms with E-state index in [1.807, 2.05) is 41.8 Å². The highest BCUT2D eigenvalue weighted by Crippen LogP contribution is 2.25. The van der Waals surface area contributed by atoms with E-state index in [-0.39, 0.29) is 5.75 Å². The fourth-order valence-electron chi connectivity index (χ4n) is 2.37. The Morgan fingerprint density at radius 3 is 2.70 bits per heavy atom. The second-order valence-corrected chi connectivity index (χ2v) is 5.84. The number of fused-ring (bicyclic) bond motifs is 1. The van der Waals surface area contributed by atoms with Crippen molar-refractivity contribution < 1.29 is 9.52 Å². The average Bonchev–Trinajstić information content (AvgIpc) is 3.09. The van der Waals surface area contributed by atoms with Crippen LogP contribution in [0, 0.1) is 0 Å². The number of phenolic OH excluding ortho intramolecular Hbond substituents is 1. The number of phenols is 1. The molecule has 2 heterocycles. The Labute approximate surface area is 136 Å². The molecule has 2 aromatic heterocycles. The molecule has 0 spiro atoms. The lowest BCUT2D eigenvalue weighted by Gasteiger charge is -2.05. The van der Waals surface area contributed by atoms with Gasteiger partial charge in [0.15, 0.2) is 0 Å². The molecule has 0 aliphatic carbocycles. The van der Waals surface area contributed by atoms with Crippen LogP contribution in [0.25, 0.3) is 22.3 Å². The van der Waals surface area contributed by atoms with Gasteiger partial charge in [-0.1, -0.05) is 30.3 Å². The standard InChI is InChI=1S/C18H12N2O2S/c21-13-6-7-16-14(10-13)15(20-18-19-8-9-23-18)11-17(22-16)12-4-2-1-3-5-12/h1-11,21H/b20-15+. The maximum absolute atomic E-state index is 9.77. The fraction of sp³-hybridized carbons (Fsp3) is 0. The third kappa shape index (κ3) is 2.74. The summed E-state index contributed by atoms with van der Waals surface area (Å²) in [6.07, 6.45) is 1.72. The van der Waals surface area contributed by atoms with Crippen molar-refractivity contribution >= 4 is 27.4 Å². The molecule has 23 heavy (non-hydrogen) atoms. The first-order valence-electron chi connectivity index (χ1n) is 7.06. The van der Waals surface area contributed by atoms with E-state index >= 15 is 0 Å². The molecule has 0 unspecified atom stereocenters. The molecule has 4 aromatic rings. The lowest BCUT2D eigenvalue weighted by atomic mass is 10.1. The van der Waals surface area contributed by atoms with Crippen LogP contribution in [-0.2, 0) is 0 Å². The zero-order chi connectivity index (χ0) is 15.6. The van der Waals surface area contributed by atoms with Crippen LogP contribution >= 0.6 is 11.3 Å². The zero-order valence-electron chi connectivity index (χ0n) is 12.0. The Hall–Kier alpha value is -2.92. The lowest BCUT2D eigenvalue weighted by molar-refractivity contribution is 0.475. The highest BCUT2D eigenvalue weighted by atomic mass is 32.1. The topological polar surface area (TPSA) is 58.6 Å². The highest BCUT2D eigenvalue weighted by Gasteiger charge is 2.07. The number of aromatic nitrogens is 1. The number of hydrogen-bond acceptors (Lipinski definition) is 5. The van der Waals surface area contributed by atoms with Crippen LogP contribution in [0.1, 0.15) is 0 Å². The maximum atomic E-state index is 9.77. The van der Waals surface area contributed by atoms with Gasteiger partial charge in [-0.15, -0.1) is 11.3 Å². The molecule has 4 rings (SSSR count). The van der Waals surface area contributed by atoms with Crippen molar-refractivity contribution in [3.05, 3.63) is 71.5 Å². The molecule has 5 heteroatoms. The van der Waals surface area contributed by atoms with Crippen LogP contribution in [0.5, 0.6) is 5.75 Å². The van der Waals surface area contributed by atoms with E-state index < -0.39 is 0 Å². The van der Waals surface area contributed by atoms with E-state index in [9.17, 15) is 5.11 Å². The molecule has 0 saturated heterocycles. The molecule has 0 radical (unpaired) electrons. The van der Waals surface area contributed by atoms with Crippen molar-refractivity contribution in [2.24, 2.45) is 4.99 Å². The SMILES string of the molecule is Oc1ccc2oc(-c3ccccc3)c/c(=N\c3nccs3)c2c1. The summed E-state index contributed by atoms with van der Waals surface area (Å²) < 4.78 is 5.97. The zero-order valence-corrected chi connectivity index (χ0v) is 12.8. The first-order valence-corrected chi connectivity index (χ1v) is 7.94. The third-order valence-electron chi connectivity index (χ3n) is 3.42. The van der Waals surface area contributed by atoms with E-state index in [2.05, 4.69) is 9.98 Å². The summed E-state index contributed by atoms with van der Waals surface area (Å²) in [5.41, 5.74) is 1.64. The number of hydrogen-bond donors (Lipinski definition) is 1. The predicted molar refractivity (Wildman–Crippen MR) is 90.7 cm³/mol. The summed E-state index contributed by atoms with van der Waals surface area (Å²) in [6, 6.07) is 16.7. The van der Waals surface area contributed by atoms with E-state index in [4.69, 9.17) is 4.42 Å². The van der Waals surface area contributed by atoms with E-state index in [0.29, 0.717) is 10.7 Å². The van der Waals surface area contributed by atoms with E-state index in [0.717, 1.165) is 22.1 Å². The van der Waals surface area contributed by atoms with Gasteiger partial charge in [-0.2, -0.15) is 0 Å². The molecule has 0 bridgehead atoms. The first-order chi connectivity index (χ1) is 11.3. The Balaban J connectivity index is 2.03. The quantitative estimate of drug-likeness (QED) is 0.592. The number of nitrogens with zero attached hydrogens (tertiary/aromatic N) is 2. The number of rotatable bonds is 2. The summed E-state index contributed by atoms with van der Waals surface area (Å²) >= 11 is 1.46. The van der Waals surface area contributed by atoms with Gasteiger partial charge in [-0.3, -0.25) is 0 Å². The van der Waals surface area contributed by atoms with Crippen LogP contribution in [0.15, 0.2) is 75.6 Å². The Bertz CT molecular complexity index is 1020. The maximum Gasteiger partial charge on any atom is 0.209 e. The monoisotopic (exact) mass is 320 g/mol. The van der Waals surface area contributed by atoms with Gasteiger partial charge in [0.1, 0.15) is 17.1 Å². The normalized spacial score (nSPS) is 11.9. The number of benzene rings is 2. The Kier molecular flexibility index (Phi) is 3.40. The Morgan fingerprint density at radius 2 is 1.91 bits per heavy atom. The van der Waals surface area contributed by atoms with Gasteiger partial charge in [0, 0.05) is 28.6 Å². The molecule has 0 atom stereocenters. The minimum atomic E-state index is 0.177. The smallest absolute Gasteiger partial charge is 0.209 e. The lowest BCUT2D eigenvalue weighted by Crippen LogP contribution is -2.03. The fourth-order valence-corrected chi connectivity index (χ4v) is 2.88. The van der Waals surface area contributed by atoms with E-state index in [1.165, 1.54) is 11.3 Å².